The Morgan fingerprint density at radius 2 is 1.65 bits per heavy atom. The van der Waals surface area contributed by atoms with Gasteiger partial charge in [0.25, 0.3) is 15.9 Å². The maximum absolute atomic E-state index is 12.5. The molecule has 2 amide bonds. The second-order valence-electron chi connectivity index (χ2n) is 7.12. The molecule has 2 heterocycles. The molecule has 0 aliphatic rings. The zero-order valence-electron chi connectivity index (χ0n) is 17.2. The number of hydrogen-bond donors (Lipinski definition) is 3. The molecule has 0 aromatic carbocycles. The molecule has 2 aromatic heterocycles. The van der Waals surface area contributed by atoms with Crippen LogP contribution in [0.2, 0.25) is 0 Å². The summed E-state index contributed by atoms with van der Waals surface area (Å²) in [5.74, 6) is -1.50. The minimum Gasteiger partial charge on any atom is -0.347 e. The Morgan fingerprint density at radius 1 is 0.968 bits per heavy atom. The van der Waals surface area contributed by atoms with E-state index in [0.717, 1.165) is 0 Å². The van der Waals surface area contributed by atoms with Crippen LogP contribution in [-0.2, 0) is 19.6 Å². The first-order valence-corrected chi connectivity index (χ1v) is 11.1. The van der Waals surface area contributed by atoms with Crippen LogP contribution in [0.3, 0.4) is 0 Å². The van der Waals surface area contributed by atoms with Gasteiger partial charge in [0.15, 0.2) is 10.8 Å². The molecule has 0 aliphatic carbocycles. The van der Waals surface area contributed by atoms with Gasteiger partial charge in [-0.2, -0.15) is 0 Å². The van der Waals surface area contributed by atoms with E-state index in [0.29, 0.717) is 6.42 Å². The van der Waals surface area contributed by atoms with Gasteiger partial charge in [-0.05, 0) is 36.6 Å². The number of sulfonamides is 1. The van der Waals surface area contributed by atoms with Crippen molar-refractivity contribution >= 4 is 27.6 Å². The van der Waals surface area contributed by atoms with Crippen molar-refractivity contribution in [2.24, 2.45) is 5.92 Å². The van der Waals surface area contributed by atoms with Crippen LogP contribution in [0.4, 0.5) is 0 Å². The molecule has 2 rings (SSSR count). The Balaban J connectivity index is 1.89. The van der Waals surface area contributed by atoms with Gasteiger partial charge < -0.3 is 10.6 Å². The van der Waals surface area contributed by atoms with Gasteiger partial charge in [-0.15, -0.1) is 0 Å². The molecule has 0 saturated heterocycles. The largest absolute Gasteiger partial charge is 0.347 e. The molecule has 3 N–H and O–H groups in total. The first kappa shape index (κ1) is 24.1. The van der Waals surface area contributed by atoms with Crippen molar-refractivity contribution in [1.82, 2.24) is 25.3 Å². The van der Waals surface area contributed by atoms with Crippen molar-refractivity contribution in [3.8, 4) is 0 Å². The highest BCUT2D eigenvalue weighted by atomic mass is 32.2. The Hall–Kier alpha value is -3.18. The second kappa shape index (κ2) is 11.3. The fourth-order valence-electron chi connectivity index (χ4n) is 2.56. The summed E-state index contributed by atoms with van der Waals surface area (Å²) in [5.41, 5.74) is 0.170. The van der Waals surface area contributed by atoms with Crippen LogP contribution in [0.5, 0.6) is 0 Å². The third-order valence-electron chi connectivity index (χ3n) is 4.06. The van der Waals surface area contributed by atoms with Crippen molar-refractivity contribution in [2.75, 3.05) is 13.1 Å². The smallest absolute Gasteiger partial charge is 0.270 e. The molecule has 0 radical (unpaired) electrons. The van der Waals surface area contributed by atoms with Gasteiger partial charge in [0.2, 0.25) is 5.91 Å². The predicted octanol–water partition coefficient (Wildman–Crippen LogP) is 0.285. The van der Waals surface area contributed by atoms with Crippen LogP contribution in [-0.4, -0.2) is 55.1 Å². The Morgan fingerprint density at radius 3 is 2.23 bits per heavy atom. The van der Waals surface area contributed by atoms with E-state index in [1.165, 1.54) is 30.6 Å². The number of carbonyl (C=O) groups is 3. The molecule has 0 unspecified atom stereocenters. The fraction of sp³-hybridized carbons (Fsp3) is 0.350. The zero-order valence-corrected chi connectivity index (χ0v) is 18.1. The number of carbonyl (C=O) groups excluding carboxylic acids is 3. The molecule has 11 heteroatoms. The highest BCUT2D eigenvalue weighted by Gasteiger charge is 2.24. The number of aromatic nitrogens is 2. The van der Waals surface area contributed by atoms with Gasteiger partial charge in [-0.1, -0.05) is 26.0 Å². The molecule has 0 saturated carbocycles. The van der Waals surface area contributed by atoms with Crippen LogP contribution < -0.4 is 15.4 Å². The summed E-state index contributed by atoms with van der Waals surface area (Å²) in [6.07, 6.45) is 3.15. The summed E-state index contributed by atoms with van der Waals surface area (Å²) < 4.78 is 26.3. The second-order valence-corrected chi connectivity index (χ2v) is 8.83. The molecule has 10 nitrogen and oxygen atoms in total. The summed E-state index contributed by atoms with van der Waals surface area (Å²) in [6.45, 7) is 2.89. The molecule has 0 aliphatic heterocycles. The standard InChI is InChI=1S/C20H25N5O5S/c1-14(2)11-17(25-20(28)16-7-3-5-9-21-16)19(27)23-12-15(26)13-24-31(29,30)18-8-4-6-10-22-18/h3-10,14,17,24H,11-13H2,1-2H3,(H,23,27)(H,25,28)/t17-/m0/s1. The van der Waals surface area contributed by atoms with Crippen molar-refractivity contribution in [2.45, 2.75) is 31.3 Å². The first-order chi connectivity index (χ1) is 14.7. The number of Topliss-reactive ketones (excluding diaryl/α,β-unsaturated/α-hetero) is 1. The monoisotopic (exact) mass is 447 g/mol. The first-order valence-electron chi connectivity index (χ1n) is 9.61. The highest BCUT2D eigenvalue weighted by Crippen LogP contribution is 2.06. The number of rotatable bonds is 11. The Bertz CT molecular complexity index is 997. The average molecular weight is 448 g/mol. The predicted molar refractivity (Wildman–Crippen MR) is 112 cm³/mol. The van der Waals surface area contributed by atoms with Crippen molar-refractivity contribution < 1.29 is 22.8 Å². The molecule has 31 heavy (non-hydrogen) atoms. The van der Waals surface area contributed by atoms with E-state index < -0.39 is 46.8 Å². The topological polar surface area (TPSA) is 147 Å². The van der Waals surface area contributed by atoms with E-state index in [4.69, 9.17) is 0 Å². The van der Waals surface area contributed by atoms with Gasteiger partial charge in [-0.3, -0.25) is 19.4 Å². The molecular formula is C20H25N5O5S. The number of hydrogen-bond acceptors (Lipinski definition) is 7. The normalized spacial score (nSPS) is 12.2. The lowest BCUT2D eigenvalue weighted by Crippen LogP contribution is -2.49. The number of ketones is 1. The van der Waals surface area contributed by atoms with E-state index in [2.05, 4.69) is 25.3 Å². The lowest BCUT2D eigenvalue weighted by molar-refractivity contribution is -0.126. The van der Waals surface area contributed by atoms with Gasteiger partial charge in [0.1, 0.15) is 11.7 Å². The average Bonchev–Trinajstić information content (AvgIpc) is 2.76. The maximum atomic E-state index is 12.5. The van der Waals surface area contributed by atoms with Gasteiger partial charge in [0.05, 0.1) is 13.1 Å². The SMILES string of the molecule is CC(C)C[C@H](NC(=O)c1ccccn1)C(=O)NCC(=O)CNS(=O)(=O)c1ccccn1. The van der Waals surface area contributed by atoms with Crippen molar-refractivity contribution in [1.29, 1.82) is 0 Å². The molecule has 0 fully saturated rings. The van der Waals surface area contributed by atoms with Gasteiger partial charge >= 0.3 is 0 Å². The summed E-state index contributed by atoms with van der Waals surface area (Å²) >= 11 is 0. The fourth-order valence-corrected chi connectivity index (χ4v) is 3.52. The van der Waals surface area contributed by atoms with Crippen molar-refractivity contribution in [3.63, 3.8) is 0 Å². The third kappa shape index (κ3) is 7.87. The maximum Gasteiger partial charge on any atom is 0.270 e. The van der Waals surface area contributed by atoms with Gasteiger partial charge in [0, 0.05) is 12.4 Å². The molecule has 0 bridgehead atoms. The number of nitrogens with one attached hydrogen (secondary N) is 3. The third-order valence-corrected chi connectivity index (χ3v) is 5.38. The molecule has 1 atom stereocenters. The van der Waals surface area contributed by atoms with Crippen molar-refractivity contribution in [3.05, 3.63) is 54.5 Å². The molecule has 166 valence electrons. The van der Waals surface area contributed by atoms with Crippen LogP contribution in [0.15, 0.2) is 53.8 Å². The van der Waals surface area contributed by atoms with E-state index >= 15 is 0 Å². The van der Waals surface area contributed by atoms with Crippen LogP contribution in [0, 0.1) is 5.92 Å². The minimum atomic E-state index is -3.93. The quantitative estimate of drug-likeness (QED) is 0.448. The molecule has 2 aromatic rings. The zero-order chi connectivity index (χ0) is 22.9. The van der Waals surface area contributed by atoms with E-state index in [-0.39, 0.29) is 16.6 Å². The summed E-state index contributed by atoms with van der Waals surface area (Å²) in [4.78, 5) is 44.6. The van der Waals surface area contributed by atoms with Gasteiger partial charge in [-0.25, -0.2) is 18.1 Å². The summed E-state index contributed by atoms with van der Waals surface area (Å²) in [5, 5.41) is 4.86. The Kier molecular flexibility index (Phi) is 8.76. The lowest BCUT2D eigenvalue weighted by Gasteiger charge is -2.20. The molecular weight excluding hydrogens is 422 g/mol. The van der Waals surface area contributed by atoms with Crippen LogP contribution in [0.25, 0.3) is 0 Å². The molecule has 0 spiro atoms. The summed E-state index contributed by atoms with van der Waals surface area (Å²) in [7, 11) is -3.93. The Labute approximate surface area is 180 Å². The van der Waals surface area contributed by atoms with Crippen LogP contribution in [0.1, 0.15) is 30.8 Å². The van der Waals surface area contributed by atoms with Crippen LogP contribution >= 0.6 is 0 Å². The number of pyridine rings is 2. The number of amides is 2. The minimum absolute atomic E-state index is 0.0978. The van der Waals surface area contributed by atoms with E-state index in [1.54, 1.807) is 18.2 Å². The summed E-state index contributed by atoms with van der Waals surface area (Å²) in [6, 6.07) is 8.36. The van der Waals surface area contributed by atoms with E-state index in [1.807, 2.05) is 13.8 Å². The lowest BCUT2D eigenvalue weighted by atomic mass is 10.0. The van der Waals surface area contributed by atoms with E-state index in [9.17, 15) is 22.8 Å². The number of nitrogens with zero attached hydrogens (tertiary/aromatic N) is 2. The highest BCUT2D eigenvalue weighted by molar-refractivity contribution is 7.89.